The fourth-order valence-electron chi connectivity index (χ4n) is 4.32. The van der Waals surface area contributed by atoms with Crippen molar-refractivity contribution in [1.82, 2.24) is 30.6 Å². The smallest absolute Gasteiger partial charge is 0.326 e. The molecule has 49 heavy (non-hydrogen) atoms. The molecule has 2 amide bonds. The zero-order valence-electron chi connectivity index (χ0n) is 30.1. The first-order chi connectivity index (χ1) is 23.3. The third-order valence-corrected chi connectivity index (χ3v) is 7.29. The number of carbonyl (C=O) groups is 3. The van der Waals surface area contributed by atoms with Crippen LogP contribution in [0.1, 0.15) is 89.2 Å². The first kappa shape index (κ1) is 42.4. The minimum Gasteiger partial charge on any atom is -0.480 e. The van der Waals surface area contributed by atoms with E-state index in [4.69, 9.17) is 21.9 Å². The molecular formula is C34H56N10O5. The summed E-state index contributed by atoms with van der Waals surface area (Å²) in [4.78, 5) is 55.4. The predicted molar refractivity (Wildman–Crippen MR) is 194 cm³/mol. The van der Waals surface area contributed by atoms with Gasteiger partial charge in [-0.05, 0) is 55.5 Å². The van der Waals surface area contributed by atoms with Crippen molar-refractivity contribution in [3.8, 4) is 0 Å². The number of nitrogens with two attached hydrogens (primary N) is 3. The fraction of sp³-hybridized carbons (Fsp3) is 0.559. The van der Waals surface area contributed by atoms with Crippen LogP contribution in [0.15, 0.2) is 30.5 Å². The van der Waals surface area contributed by atoms with Crippen LogP contribution in [0.25, 0.3) is 11.2 Å². The Bertz CT molecular complexity index is 1450. The van der Waals surface area contributed by atoms with Crippen LogP contribution in [-0.2, 0) is 20.9 Å². The van der Waals surface area contributed by atoms with Crippen molar-refractivity contribution in [2.75, 3.05) is 50.2 Å². The summed E-state index contributed by atoms with van der Waals surface area (Å²) >= 11 is 0. The standard InChI is InChI=1S/C27H37N9O5.C5H13N.C2H6/c1-27(2,11-12-41-4)15-31-20(37)10-9-19(25(39)40)33-24(38)16-5-7-18(8-6-16)36(3)14-17-13-30-23-21(32-17)22(28)34-26(29)35-23;1-2-3-4-5-6;1-2/h5-8,13,19H,9-12,14-15H2,1-4H3,(H,31,37)(H,33,38)(H,39,40)(H4,28,29,30,34,35);2-6H2,1H3;1-2H3. The number of methoxy groups -OCH3 is 1. The molecule has 272 valence electrons. The van der Waals surface area contributed by atoms with Crippen LogP contribution in [0.3, 0.4) is 0 Å². The Morgan fingerprint density at radius 2 is 1.73 bits per heavy atom. The zero-order valence-corrected chi connectivity index (χ0v) is 30.1. The molecule has 0 aliphatic rings. The lowest BCUT2D eigenvalue weighted by atomic mass is 9.89. The predicted octanol–water partition coefficient (Wildman–Crippen LogP) is 3.52. The molecular weight excluding hydrogens is 628 g/mol. The average Bonchev–Trinajstić information content (AvgIpc) is 3.08. The number of hydrogen-bond donors (Lipinski definition) is 6. The summed E-state index contributed by atoms with van der Waals surface area (Å²) in [5.41, 5.74) is 18.9. The molecule has 0 bridgehead atoms. The fourth-order valence-corrected chi connectivity index (χ4v) is 4.32. The Balaban J connectivity index is 0.00000135. The number of carboxylic acids is 1. The lowest BCUT2D eigenvalue weighted by Gasteiger charge is -2.24. The van der Waals surface area contributed by atoms with Crippen LogP contribution < -0.4 is 32.7 Å². The van der Waals surface area contributed by atoms with E-state index in [2.05, 4.69) is 37.5 Å². The summed E-state index contributed by atoms with van der Waals surface area (Å²) in [6, 6.07) is 5.44. The number of nitrogens with zero attached hydrogens (tertiary/aromatic N) is 5. The van der Waals surface area contributed by atoms with E-state index in [-0.39, 0.29) is 41.5 Å². The summed E-state index contributed by atoms with van der Waals surface area (Å²) in [7, 11) is 3.46. The number of fused-ring (bicyclic) bond motifs is 1. The number of nitrogen functional groups attached to an aromatic ring is 2. The van der Waals surface area contributed by atoms with Gasteiger partial charge in [0.2, 0.25) is 11.9 Å². The van der Waals surface area contributed by atoms with Gasteiger partial charge in [0.15, 0.2) is 17.0 Å². The Labute approximate surface area is 289 Å². The second kappa shape index (κ2) is 22.1. The highest BCUT2D eigenvalue weighted by Gasteiger charge is 2.23. The van der Waals surface area contributed by atoms with Gasteiger partial charge in [0, 0.05) is 45.0 Å². The Morgan fingerprint density at radius 3 is 2.31 bits per heavy atom. The van der Waals surface area contributed by atoms with Crippen molar-refractivity contribution in [2.24, 2.45) is 11.1 Å². The first-order valence-electron chi connectivity index (χ1n) is 16.6. The molecule has 0 aliphatic heterocycles. The highest BCUT2D eigenvalue weighted by Crippen LogP contribution is 2.20. The van der Waals surface area contributed by atoms with Crippen molar-refractivity contribution in [3.05, 3.63) is 41.7 Å². The number of amides is 2. The van der Waals surface area contributed by atoms with E-state index in [1.54, 1.807) is 37.6 Å². The minimum atomic E-state index is -1.21. The lowest BCUT2D eigenvalue weighted by molar-refractivity contribution is -0.139. The topological polar surface area (TPSA) is 238 Å². The number of ether oxygens (including phenoxy) is 1. The summed E-state index contributed by atoms with van der Waals surface area (Å²) < 4.78 is 5.09. The molecule has 9 N–H and O–H groups in total. The SMILES string of the molecule is CC.CCCCCN.COCCC(C)(C)CNC(=O)CCC(NC(=O)c1ccc(N(C)Cc2cnc3nc(N)nc(N)c3n2)cc1)C(=O)O. The second-order valence-corrected chi connectivity index (χ2v) is 12.0. The van der Waals surface area contributed by atoms with Crippen molar-refractivity contribution in [3.63, 3.8) is 0 Å². The number of rotatable bonds is 17. The van der Waals surface area contributed by atoms with Crippen LogP contribution in [0.2, 0.25) is 0 Å². The molecule has 1 atom stereocenters. The largest absolute Gasteiger partial charge is 0.480 e. The van der Waals surface area contributed by atoms with Crippen molar-refractivity contribution in [1.29, 1.82) is 0 Å². The molecule has 1 unspecified atom stereocenters. The van der Waals surface area contributed by atoms with E-state index in [0.717, 1.165) is 18.7 Å². The van der Waals surface area contributed by atoms with E-state index in [1.165, 1.54) is 19.3 Å². The van der Waals surface area contributed by atoms with Crippen molar-refractivity contribution in [2.45, 2.75) is 85.7 Å². The van der Waals surface area contributed by atoms with Gasteiger partial charge >= 0.3 is 5.97 Å². The maximum Gasteiger partial charge on any atom is 0.326 e. The van der Waals surface area contributed by atoms with Crippen LogP contribution in [-0.4, -0.2) is 82.7 Å². The number of hydrogen-bond acceptors (Lipinski definition) is 12. The molecule has 0 saturated carbocycles. The summed E-state index contributed by atoms with van der Waals surface area (Å²) in [5, 5.41) is 14.9. The average molecular weight is 685 g/mol. The third-order valence-electron chi connectivity index (χ3n) is 7.29. The van der Waals surface area contributed by atoms with Crippen molar-refractivity contribution < 1.29 is 24.2 Å². The first-order valence-corrected chi connectivity index (χ1v) is 16.6. The molecule has 2 heterocycles. The lowest BCUT2D eigenvalue weighted by Crippen LogP contribution is -2.42. The van der Waals surface area contributed by atoms with Gasteiger partial charge in [0.25, 0.3) is 5.91 Å². The van der Waals surface area contributed by atoms with Gasteiger partial charge < -0.3 is 42.6 Å². The number of carboxylic acid groups (broad SMARTS) is 1. The Kier molecular flexibility index (Phi) is 19.1. The highest BCUT2D eigenvalue weighted by molar-refractivity contribution is 5.97. The molecule has 2 aromatic heterocycles. The van der Waals surface area contributed by atoms with Gasteiger partial charge in [0.1, 0.15) is 6.04 Å². The summed E-state index contributed by atoms with van der Waals surface area (Å²) in [6.45, 7) is 12.4. The monoisotopic (exact) mass is 684 g/mol. The van der Waals surface area contributed by atoms with E-state index in [1.807, 2.05) is 39.6 Å². The third kappa shape index (κ3) is 15.4. The zero-order chi connectivity index (χ0) is 37.0. The second-order valence-electron chi connectivity index (χ2n) is 12.0. The number of aromatic nitrogens is 4. The molecule has 15 heteroatoms. The molecule has 15 nitrogen and oxygen atoms in total. The molecule has 3 aromatic rings. The molecule has 0 fully saturated rings. The Hall–Kier alpha value is -4.63. The van der Waals surface area contributed by atoms with Gasteiger partial charge in [-0.1, -0.05) is 47.5 Å². The number of benzene rings is 1. The summed E-state index contributed by atoms with van der Waals surface area (Å²) in [6.07, 6.45) is 6.01. The summed E-state index contributed by atoms with van der Waals surface area (Å²) in [5.74, 6) is -1.89. The van der Waals surface area contributed by atoms with Crippen LogP contribution >= 0.6 is 0 Å². The van der Waals surface area contributed by atoms with E-state index < -0.39 is 17.9 Å². The molecule has 0 radical (unpaired) electrons. The van der Waals surface area contributed by atoms with Gasteiger partial charge in [-0.2, -0.15) is 9.97 Å². The quantitative estimate of drug-likeness (QED) is 0.112. The number of anilines is 3. The van der Waals surface area contributed by atoms with E-state index in [0.29, 0.717) is 36.6 Å². The van der Waals surface area contributed by atoms with E-state index >= 15 is 0 Å². The number of nitrogens with one attached hydrogen (secondary N) is 2. The highest BCUT2D eigenvalue weighted by atomic mass is 16.5. The maximum absolute atomic E-state index is 12.8. The van der Waals surface area contributed by atoms with Crippen molar-refractivity contribution >= 4 is 46.4 Å². The molecule has 3 rings (SSSR count). The molecule has 0 saturated heterocycles. The number of aliphatic carboxylic acids is 1. The Morgan fingerprint density at radius 1 is 1.06 bits per heavy atom. The van der Waals surface area contributed by atoms with Crippen LogP contribution in [0.4, 0.5) is 17.5 Å². The molecule has 0 spiro atoms. The normalized spacial score (nSPS) is 11.3. The minimum absolute atomic E-state index is 0.0204. The van der Waals surface area contributed by atoms with Gasteiger partial charge in [-0.15, -0.1) is 0 Å². The molecule has 0 aliphatic carbocycles. The number of carbonyl (C=O) groups excluding carboxylic acids is 2. The van der Waals surface area contributed by atoms with Gasteiger partial charge in [0.05, 0.1) is 18.4 Å². The van der Waals surface area contributed by atoms with Gasteiger partial charge in [-0.25, -0.2) is 14.8 Å². The van der Waals surface area contributed by atoms with Gasteiger partial charge in [-0.3, -0.25) is 9.59 Å². The maximum atomic E-state index is 12.8. The van der Waals surface area contributed by atoms with Crippen LogP contribution in [0.5, 0.6) is 0 Å². The van der Waals surface area contributed by atoms with Crippen LogP contribution in [0, 0.1) is 5.41 Å². The molecule has 1 aromatic carbocycles. The van der Waals surface area contributed by atoms with E-state index in [9.17, 15) is 19.5 Å². The number of unbranched alkanes of at least 4 members (excludes halogenated alkanes) is 2.